The lowest BCUT2D eigenvalue weighted by Gasteiger charge is -2.39. The van der Waals surface area contributed by atoms with Gasteiger partial charge in [-0.25, -0.2) is 0 Å². The lowest BCUT2D eigenvalue weighted by atomic mass is 10.0. The van der Waals surface area contributed by atoms with Crippen LogP contribution in [0, 0.1) is 5.92 Å². The molecule has 5 nitrogen and oxygen atoms in total. The molecular formula is C20H42O5Si2. The molecule has 0 saturated heterocycles. The van der Waals surface area contributed by atoms with E-state index in [2.05, 4.69) is 13.8 Å². The highest BCUT2D eigenvalue weighted by atomic mass is 28.4. The Morgan fingerprint density at radius 3 is 1.78 bits per heavy atom. The van der Waals surface area contributed by atoms with Crippen LogP contribution >= 0.6 is 0 Å². The predicted molar refractivity (Wildman–Crippen MR) is 114 cm³/mol. The van der Waals surface area contributed by atoms with E-state index in [1.165, 1.54) is 32.1 Å². The normalized spacial score (nSPS) is 17.7. The molecule has 1 aliphatic rings. The van der Waals surface area contributed by atoms with E-state index in [1.807, 2.05) is 27.7 Å². The third-order valence-corrected chi connectivity index (χ3v) is 14.3. The minimum atomic E-state index is -2.84. The fraction of sp³-hybridized carbons (Fsp3) is 0.950. The van der Waals surface area contributed by atoms with Crippen LogP contribution in [-0.4, -0.2) is 42.9 Å². The molecule has 27 heavy (non-hydrogen) atoms. The Hall–Kier alpha value is -0.216. The molecule has 0 heterocycles. The first-order chi connectivity index (χ1) is 12.9. The van der Waals surface area contributed by atoms with Gasteiger partial charge in [-0.2, -0.15) is 0 Å². The van der Waals surface area contributed by atoms with Gasteiger partial charge in [0.25, 0.3) is 14.3 Å². The Labute approximate surface area is 169 Å². The van der Waals surface area contributed by atoms with E-state index in [0.29, 0.717) is 31.4 Å². The molecule has 1 aliphatic carbocycles. The van der Waals surface area contributed by atoms with Crippen molar-refractivity contribution in [2.24, 2.45) is 5.92 Å². The van der Waals surface area contributed by atoms with Gasteiger partial charge in [-0.1, -0.05) is 40.0 Å². The second kappa shape index (κ2) is 12.4. The van der Waals surface area contributed by atoms with Crippen molar-refractivity contribution >= 4 is 23.1 Å². The molecule has 0 spiro atoms. The topological polar surface area (TPSA) is 54.0 Å². The maximum absolute atomic E-state index is 13.1. The average molecular weight is 419 g/mol. The van der Waals surface area contributed by atoms with E-state index in [-0.39, 0.29) is 11.9 Å². The molecule has 0 radical (unpaired) electrons. The van der Waals surface area contributed by atoms with E-state index < -0.39 is 17.1 Å². The summed E-state index contributed by atoms with van der Waals surface area (Å²) in [5, 5.41) is 0. The Kier molecular flexibility index (Phi) is 11.4. The van der Waals surface area contributed by atoms with E-state index in [1.54, 1.807) is 0 Å². The molecule has 0 amide bonds. The largest absolute Gasteiger partial charge is 0.519 e. The van der Waals surface area contributed by atoms with Crippen molar-refractivity contribution in [3.63, 3.8) is 0 Å². The van der Waals surface area contributed by atoms with Crippen LogP contribution in [0.3, 0.4) is 0 Å². The average Bonchev–Trinajstić information content (AvgIpc) is 2.67. The van der Waals surface area contributed by atoms with Gasteiger partial charge in [0.05, 0.1) is 5.92 Å². The summed E-state index contributed by atoms with van der Waals surface area (Å²) in [6.45, 7) is 13.8. The van der Waals surface area contributed by atoms with Crippen molar-refractivity contribution in [3.05, 3.63) is 0 Å². The van der Waals surface area contributed by atoms with Gasteiger partial charge in [-0.3, -0.25) is 4.79 Å². The predicted octanol–water partition coefficient (Wildman–Crippen LogP) is 5.53. The Balaban J connectivity index is 2.87. The standard InChI is InChI=1S/C20H42O5Si2/c1-7-22-27(23-8-2,24-9-3)17-18(6)20(21)25-26(10-4,11-5)19-15-13-12-14-16-19/h18-19H,7-17H2,1-6H3. The lowest BCUT2D eigenvalue weighted by molar-refractivity contribution is -0.139. The molecule has 1 unspecified atom stereocenters. The number of hydrogen-bond donors (Lipinski definition) is 0. The van der Waals surface area contributed by atoms with Gasteiger partial charge >= 0.3 is 8.80 Å². The summed E-state index contributed by atoms with van der Waals surface area (Å²) in [5.74, 6) is -0.346. The van der Waals surface area contributed by atoms with Gasteiger partial charge in [0.15, 0.2) is 0 Å². The highest BCUT2D eigenvalue weighted by Crippen LogP contribution is 2.42. The number of hydrogen-bond acceptors (Lipinski definition) is 5. The molecule has 7 heteroatoms. The van der Waals surface area contributed by atoms with Crippen LogP contribution < -0.4 is 0 Å². The first-order valence-corrected chi connectivity index (χ1v) is 15.4. The smallest absolute Gasteiger partial charge is 0.501 e. The Morgan fingerprint density at radius 1 is 0.889 bits per heavy atom. The van der Waals surface area contributed by atoms with Crippen LogP contribution in [0.4, 0.5) is 0 Å². The molecule has 1 fully saturated rings. The van der Waals surface area contributed by atoms with Gasteiger partial charge in [0.2, 0.25) is 0 Å². The summed E-state index contributed by atoms with van der Waals surface area (Å²) >= 11 is 0. The van der Waals surface area contributed by atoms with Gasteiger partial charge < -0.3 is 17.7 Å². The fourth-order valence-electron chi connectivity index (χ4n) is 4.40. The zero-order valence-electron chi connectivity index (χ0n) is 18.5. The summed E-state index contributed by atoms with van der Waals surface area (Å²) in [4.78, 5) is 13.1. The monoisotopic (exact) mass is 418 g/mol. The molecule has 1 atom stereocenters. The van der Waals surface area contributed by atoms with Gasteiger partial charge in [0, 0.05) is 25.9 Å². The lowest BCUT2D eigenvalue weighted by Crippen LogP contribution is -2.50. The molecule has 0 aromatic carbocycles. The van der Waals surface area contributed by atoms with E-state index in [4.69, 9.17) is 17.7 Å². The molecule has 0 aromatic rings. The molecule has 0 N–H and O–H groups in total. The summed E-state index contributed by atoms with van der Waals surface area (Å²) in [6, 6.07) is 2.51. The minimum absolute atomic E-state index is 0.0769. The highest BCUT2D eigenvalue weighted by Gasteiger charge is 2.47. The molecule has 0 bridgehead atoms. The van der Waals surface area contributed by atoms with Crippen LogP contribution in [0.15, 0.2) is 0 Å². The Morgan fingerprint density at radius 2 is 1.37 bits per heavy atom. The van der Waals surface area contributed by atoms with Crippen LogP contribution in [0.1, 0.15) is 73.6 Å². The van der Waals surface area contributed by atoms with Gasteiger partial charge in [-0.15, -0.1) is 0 Å². The fourth-order valence-corrected chi connectivity index (χ4v) is 11.4. The Bertz CT molecular complexity index is 406. The molecule has 1 rings (SSSR count). The summed E-state index contributed by atoms with van der Waals surface area (Å²) in [6.07, 6.45) is 6.34. The molecular weight excluding hydrogens is 376 g/mol. The second-order valence-corrected chi connectivity index (χ2v) is 14.8. The van der Waals surface area contributed by atoms with Crippen molar-refractivity contribution < 1.29 is 22.5 Å². The molecule has 0 aliphatic heterocycles. The van der Waals surface area contributed by atoms with E-state index in [0.717, 1.165) is 12.1 Å². The maximum atomic E-state index is 13.1. The summed E-state index contributed by atoms with van der Waals surface area (Å²) in [7, 11) is -4.90. The molecule has 160 valence electrons. The SMILES string of the molecule is CCO[Si](CC(C)C(=O)O[Si](CC)(CC)C1CCCCC1)(OCC)OCC. The zero-order valence-corrected chi connectivity index (χ0v) is 20.5. The van der Waals surface area contributed by atoms with E-state index >= 15 is 0 Å². The summed E-state index contributed by atoms with van der Waals surface area (Å²) in [5.41, 5.74) is 0.616. The van der Waals surface area contributed by atoms with Crippen LogP contribution in [0.5, 0.6) is 0 Å². The molecule has 1 saturated carbocycles. The first-order valence-electron chi connectivity index (χ1n) is 11.1. The second-order valence-electron chi connectivity index (χ2n) is 7.62. The number of carbonyl (C=O) groups excluding carboxylic acids is 1. The van der Waals surface area contributed by atoms with Crippen LogP contribution in [-0.2, 0) is 22.5 Å². The quantitative estimate of drug-likeness (QED) is 0.368. The molecule has 0 aromatic heterocycles. The van der Waals surface area contributed by atoms with Crippen LogP contribution in [0.2, 0.25) is 23.7 Å². The summed E-state index contributed by atoms with van der Waals surface area (Å²) < 4.78 is 24.2. The van der Waals surface area contributed by atoms with Crippen molar-refractivity contribution in [3.8, 4) is 0 Å². The van der Waals surface area contributed by atoms with Crippen LogP contribution in [0.25, 0.3) is 0 Å². The van der Waals surface area contributed by atoms with Crippen molar-refractivity contribution in [1.82, 2.24) is 0 Å². The number of carbonyl (C=O) groups is 1. The number of rotatable bonds is 13. The van der Waals surface area contributed by atoms with Gasteiger partial charge in [-0.05, 0) is 51.2 Å². The van der Waals surface area contributed by atoms with E-state index in [9.17, 15) is 4.79 Å². The van der Waals surface area contributed by atoms with Gasteiger partial charge in [0.1, 0.15) is 0 Å². The van der Waals surface area contributed by atoms with Crippen molar-refractivity contribution in [1.29, 1.82) is 0 Å². The zero-order chi connectivity index (χ0) is 20.3. The van der Waals surface area contributed by atoms with Crippen molar-refractivity contribution in [2.45, 2.75) is 97.3 Å². The maximum Gasteiger partial charge on any atom is 0.501 e. The van der Waals surface area contributed by atoms with Crippen molar-refractivity contribution in [2.75, 3.05) is 19.8 Å². The minimum Gasteiger partial charge on any atom is -0.519 e. The first kappa shape index (κ1) is 24.8. The third kappa shape index (κ3) is 6.96. The third-order valence-electron chi connectivity index (χ3n) is 5.90. The highest BCUT2D eigenvalue weighted by molar-refractivity contribution is 6.76.